The summed E-state index contributed by atoms with van der Waals surface area (Å²) in [4.78, 5) is 29.3. The molecule has 0 aliphatic carbocycles. The Kier molecular flexibility index (Phi) is 8.05. The fraction of sp³-hybridized carbons (Fsp3) is 0.179. The lowest BCUT2D eigenvalue weighted by atomic mass is 10.1. The highest BCUT2D eigenvalue weighted by molar-refractivity contribution is 6.02. The number of imidazole rings is 1. The van der Waals surface area contributed by atoms with Crippen LogP contribution >= 0.6 is 0 Å². The number of benzene rings is 3. The minimum absolute atomic E-state index is 0.138. The Labute approximate surface area is 215 Å². The van der Waals surface area contributed by atoms with E-state index in [-0.39, 0.29) is 18.2 Å². The van der Waals surface area contributed by atoms with E-state index in [1.165, 1.54) is 0 Å². The van der Waals surface area contributed by atoms with Gasteiger partial charge in [-0.3, -0.25) is 9.59 Å². The second-order valence-corrected chi connectivity index (χ2v) is 8.23. The van der Waals surface area contributed by atoms with E-state index in [0.29, 0.717) is 40.9 Å². The summed E-state index contributed by atoms with van der Waals surface area (Å²) in [6.07, 6.45) is 3.51. The molecule has 0 saturated carbocycles. The van der Waals surface area contributed by atoms with Gasteiger partial charge < -0.3 is 29.4 Å². The molecule has 0 spiro atoms. The molecule has 0 aliphatic heterocycles. The van der Waals surface area contributed by atoms with Crippen molar-refractivity contribution < 1.29 is 23.8 Å². The van der Waals surface area contributed by atoms with E-state index in [1.54, 1.807) is 70.3 Å². The number of carbonyl (C=O) groups is 2. The molecule has 2 N–H and O–H groups in total. The van der Waals surface area contributed by atoms with E-state index in [1.807, 2.05) is 34.9 Å². The molecule has 0 unspecified atom stereocenters. The van der Waals surface area contributed by atoms with Crippen molar-refractivity contribution in [3.63, 3.8) is 0 Å². The number of nitrogens with zero attached hydrogens (tertiary/aromatic N) is 2. The summed E-state index contributed by atoms with van der Waals surface area (Å²) in [5.74, 6) is 1.41. The molecule has 37 heavy (non-hydrogen) atoms. The third-order valence-electron chi connectivity index (χ3n) is 5.61. The average Bonchev–Trinajstić information content (AvgIpc) is 3.38. The molecule has 4 rings (SSSR count). The Balaban J connectivity index is 1.31. The summed E-state index contributed by atoms with van der Waals surface area (Å²) in [5.41, 5.74) is 3.44. The van der Waals surface area contributed by atoms with Crippen LogP contribution in [0.2, 0.25) is 0 Å². The maximum atomic E-state index is 12.5. The molecule has 9 nitrogen and oxygen atoms in total. The molecule has 0 aliphatic rings. The molecular weight excluding hydrogens is 472 g/mol. The molecule has 1 heterocycles. The molecule has 9 heteroatoms. The van der Waals surface area contributed by atoms with Gasteiger partial charge in [-0.2, -0.15) is 0 Å². The lowest BCUT2D eigenvalue weighted by molar-refractivity contribution is -0.115. The van der Waals surface area contributed by atoms with E-state index < -0.39 is 0 Å². The molecular formula is C28H28N4O5. The van der Waals surface area contributed by atoms with Gasteiger partial charge in [-0.25, -0.2) is 4.98 Å². The second-order valence-electron chi connectivity index (χ2n) is 8.23. The lowest BCUT2D eigenvalue weighted by Crippen LogP contribution is -2.14. The minimum Gasteiger partial charge on any atom is -0.497 e. The summed E-state index contributed by atoms with van der Waals surface area (Å²) in [5, 5.41) is 5.72. The van der Waals surface area contributed by atoms with Crippen LogP contribution < -0.4 is 24.8 Å². The van der Waals surface area contributed by atoms with Crippen molar-refractivity contribution in [3.05, 3.63) is 96.1 Å². The van der Waals surface area contributed by atoms with Crippen molar-refractivity contribution in [1.29, 1.82) is 0 Å². The van der Waals surface area contributed by atoms with Crippen LogP contribution in [0.15, 0.2) is 79.3 Å². The fourth-order valence-corrected chi connectivity index (χ4v) is 3.75. The van der Waals surface area contributed by atoms with Gasteiger partial charge in [0.25, 0.3) is 5.91 Å². The first-order valence-corrected chi connectivity index (χ1v) is 11.5. The van der Waals surface area contributed by atoms with E-state index in [0.717, 1.165) is 11.1 Å². The van der Waals surface area contributed by atoms with Crippen LogP contribution in [0.5, 0.6) is 17.2 Å². The van der Waals surface area contributed by atoms with Gasteiger partial charge >= 0.3 is 0 Å². The van der Waals surface area contributed by atoms with Gasteiger partial charge in [0.05, 0.1) is 34.1 Å². The first-order chi connectivity index (χ1) is 18.0. The summed E-state index contributed by atoms with van der Waals surface area (Å²) >= 11 is 0. The number of nitrogens with one attached hydrogen (secondary N) is 2. The molecule has 0 atom stereocenters. The maximum Gasteiger partial charge on any atom is 0.275 e. The van der Waals surface area contributed by atoms with Crippen LogP contribution in [-0.4, -0.2) is 42.7 Å². The molecule has 2 amide bonds. The van der Waals surface area contributed by atoms with Gasteiger partial charge in [-0.15, -0.1) is 0 Å². The number of aromatic nitrogens is 2. The monoisotopic (exact) mass is 500 g/mol. The maximum absolute atomic E-state index is 12.5. The Morgan fingerprint density at radius 1 is 0.811 bits per heavy atom. The molecule has 0 bridgehead atoms. The van der Waals surface area contributed by atoms with Crippen LogP contribution in [0.1, 0.15) is 21.6 Å². The van der Waals surface area contributed by atoms with E-state index in [4.69, 9.17) is 14.2 Å². The Hall–Kier alpha value is -4.79. The van der Waals surface area contributed by atoms with Crippen LogP contribution in [0, 0.1) is 0 Å². The van der Waals surface area contributed by atoms with Gasteiger partial charge in [-0.05, 0) is 47.5 Å². The van der Waals surface area contributed by atoms with Crippen molar-refractivity contribution in [3.8, 4) is 17.2 Å². The minimum atomic E-state index is -0.306. The first-order valence-electron chi connectivity index (χ1n) is 11.5. The lowest BCUT2D eigenvalue weighted by Gasteiger charge is -2.10. The SMILES string of the molecule is COc1cccc(NC(=O)c2cn(Cc3ccc(NC(=O)Cc4ccc(OC)c(OC)c4)cc3)cn2)c1. The van der Waals surface area contributed by atoms with Crippen molar-refractivity contribution in [1.82, 2.24) is 9.55 Å². The Morgan fingerprint density at radius 3 is 2.30 bits per heavy atom. The van der Waals surface area contributed by atoms with Gasteiger partial charge in [0.15, 0.2) is 11.5 Å². The number of hydrogen-bond donors (Lipinski definition) is 2. The molecule has 1 aromatic heterocycles. The topological polar surface area (TPSA) is 104 Å². The summed E-state index contributed by atoms with van der Waals surface area (Å²) in [6.45, 7) is 0.527. The quantitative estimate of drug-likeness (QED) is 0.335. The Bertz CT molecular complexity index is 1380. The first kappa shape index (κ1) is 25.3. The highest BCUT2D eigenvalue weighted by atomic mass is 16.5. The predicted octanol–water partition coefficient (Wildman–Crippen LogP) is 4.39. The van der Waals surface area contributed by atoms with Crippen molar-refractivity contribution in [2.24, 2.45) is 0 Å². The van der Waals surface area contributed by atoms with E-state index in [2.05, 4.69) is 15.6 Å². The summed E-state index contributed by atoms with van der Waals surface area (Å²) in [7, 11) is 4.70. The van der Waals surface area contributed by atoms with Crippen LogP contribution in [0.25, 0.3) is 0 Å². The zero-order valence-corrected chi connectivity index (χ0v) is 20.9. The third kappa shape index (κ3) is 6.66. The third-order valence-corrected chi connectivity index (χ3v) is 5.61. The summed E-state index contributed by atoms with van der Waals surface area (Å²) < 4.78 is 17.5. The van der Waals surface area contributed by atoms with E-state index >= 15 is 0 Å². The van der Waals surface area contributed by atoms with Gasteiger partial charge in [-0.1, -0.05) is 24.3 Å². The molecule has 0 radical (unpaired) electrons. The van der Waals surface area contributed by atoms with Crippen LogP contribution in [-0.2, 0) is 17.8 Å². The number of anilines is 2. The van der Waals surface area contributed by atoms with Crippen molar-refractivity contribution in [2.75, 3.05) is 32.0 Å². The van der Waals surface area contributed by atoms with Crippen molar-refractivity contribution in [2.45, 2.75) is 13.0 Å². The molecule has 4 aromatic rings. The van der Waals surface area contributed by atoms with Crippen molar-refractivity contribution >= 4 is 23.2 Å². The normalized spacial score (nSPS) is 10.5. The highest BCUT2D eigenvalue weighted by Gasteiger charge is 2.11. The molecule has 3 aromatic carbocycles. The standard InChI is InChI=1S/C28H28N4O5/c1-35-23-6-4-5-22(15-23)31-28(34)24-17-32(18-29-24)16-19-7-10-21(11-8-19)30-27(33)14-20-9-12-25(36-2)26(13-20)37-3/h4-13,15,17-18H,14,16H2,1-3H3,(H,30,33)(H,31,34). The van der Waals surface area contributed by atoms with Gasteiger partial charge in [0.2, 0.25) is 5.91 Å². The number of hydrogen-bond acceptors (Lipinski definition) is 6. The zero-order chi connectivity index (χ0) is 26.2. The number of rotatable bonds is 10. The highest BCUT2D eigenvalue weighted by Crippen LogP contribution is 2.27. The van der Waals surface area contributed by atoms with Crippen LogP contribution in [0.3, 0.4) is 0 Å². The fourth-order valence-electron chi connectivity index (χ4n) is 3.75. The number of amides is 2. The van der Waals surface area contributed by atoms with E-state index in [9.17, 15) is 9.59 Å². The number of ether oxygens (including phenoxy) is 3. The second kappa shape index (κ2) is 11.8. The molecule has 0 saturated heterocycles. The number of methoxy groups -OCH3 is 3. The van der Waals surface area contributed by atoms with Gasteiger partial charge in [0, 0.05) is 30.2 Å². The largest absolute Gasteiger partial charge is 0.497 e. The summed E-state index contributed by atoms with van der Waals surface area (Å²) in [6, 6.07) is 20.1. The Morgan fingerprint density at radius 2 is 1.57 bits per heavy atom. The molecule has 0 fully saturated rings. The molecule has 190 valence electrons. The zero-order valence-electron chi connectivity index (χ0n) is 20.9. The van der Waals surface area contributed by atoms with Crippen LogP contribution in [0.4, 0.5) is 11.4 Å². The van der Waals surface area contributed by atoms with Gasteiger partial charge in [0.1, 0.15) is 11.4 Å². The predicted molar refractivity (Wildman–Crippen MR) is 141 cm³/mol. The number of carbonyl (C=O) groups excluding carboxylic acids is 2. The smallest absolute Gasteiger partial charge is 0.275 e. The average molecular weight is 501 g/mol.